The Balaban J connectivity index is 2.32. The Kier molecular flexibility index (Phi) is 6.21. The molecule has 1 aromatic carbocycles. The highest BCUT2D eigenvalue weighted by Crippen LogP contribution is 2.42. The zero-order valence-corrected chi connectivity index (χ0v) is 13.5. The van der Waals surface area contributed by atoms with Crippen molar-refractivity contribution < 1.29 is 35.1 Å². The minimum Gasteiger partial charge on any atom is -0.546 e. The van der Waals surface area contributed by atoms with E-state index in [9.17, 15) is 25.2 Å². The summed E-state index contributed by atoms with van der Waals surface area (Å²) in [6.07, 6.45) is -6.32. The fourth-order valence-electron chi connectivity index (χ4n) is 2.52. The molecule has 0 spiro atoms. The first-order valence-corrected chi connectivity index (χ1v) is 8.16. The molecule has 1 fully saturated rings. The summed E-state index contributed by atoms with van der Waals surface area (Å²) in [5.74, 6) is -1.59. The summed E-state index contributed by atoms with van der Waals surface area (Å²) in [5, 5.41) is 50.5. The molecule has 6 atom stereocenters. The number of carbonyl (C=O) groups is 1. The standard InChI is InChI=1S/C15H21NO7S/c16-11-9(18)6-15(14(21)22,24-8-4-2-1-3-5-8)23-13(11)12(20)10(19)7-17/h1-5,9-13,17-20H,6-7,16H2,(H,21,22)/p-1/t9-,10+,11+,12+,13+,15-/m0/s1. The average Bonchev–Trinajstić information content (AvgIpc) is 2.57. The number of aliphatic carboxylic acids is 1. The maximum atomic E-state index is 11.7. The summed E-state index contributed by atoms with van der Waals surface area (Å²) in [5.41, 5.74) is 5.78. The van der Waals surface area contributed by atoms with Crippen LogP contribution in [0.2, 0.25) is 0 Å². The number of nitrogens with two attached hydrogens (primary N) is 1. The number of hydrogen-bond acceptors (Lipinski definition) is 9. The highest BCUT2D eigenvalue weighted by atomic mass is 32.2. The van der Waals surface area contributed by atoms with Crippen LogP contribution in [0.3, 0.4) is 0 Å². The number of carboxylic acid groups (broad SMARTS) is 1. The monoisotopic (exact) mass is 358 g/mol. The number of thioether (sulfide) groups is 1. The van der Waals surface area contributed by atoms with E-state index in [4.69, 9.17) is 15.6 Å². The molecule has 6 N–H and O–H groups in total. The van der Waals surface area contributed by atoms with Crippen molar-refractivity contribution in [3.8, 4) is 0 Å². The van der Waals surface area contributed by atoms with Crippen LogP contribution in [-0.4, -0.2) is 68.4 Å². The zero-order valence-electron chi connectivity index (χ0n) is 12.7. The molecule has 1 aliphatic rings. The van der Waals surface area contributed by atoms with Gasteiger partial charge in [-0.05, 0) is 12.1 Å². The zero-order chi connectivity index (χ0) is 17.9. The van der Waals surface area contributed by atoms with Gasteiger partial charge in [-0.15, -0.1) is 0 Å². The number of aliphatic hydroxyl groups excluding tert-OH is 4. The molecule has 1 heterocycles. The first-order chi connectivity index (χ1) is 11.3. The van der Waals surface area contributed by atoms with Gasteiger partial charge in [0.15, 0.2) is 4.93 Å². The molecule has 2 rings (SSSR count). The molecule has 8 nitrogen and oxygen atoms in total. The van der Waals surface area contributed by atoms with Gasteiger partial charge in [-0.1, -0.05) is 30.0 Å². The van der Waals surface area contributed by atoms with E-state index in [0.29, 0.717) is 4.90 Å². The summed E-state index contributed by atoms with van der Waals surface area (Å²) in [6.45, 7) is -0.770. The fourth-order valence-corrected chi connectivity index (χ4v) is 3.69. The van der Waals surface area contributed by atoms with E-state index in [1.54, 1.807) is 30.3 Å². The summed E-state index contributed by atoms with van der Waals surface area (Å²) in [6, 6.07) is 7.36. The molecule has 1 saturated heterocycles. The van der Waals surface area contributed by atoms with Crippen LogP contribution in [0.1, 0.15) is 6.42 Å². The highest BCUT2D eigenvalue weighted by molar-refractivity contribution is 8.01. The molecule has 134 valence electrons. The predicted octanol–water partition coefficient (Wildman–Crippen LogP) is -2.58. The molecule has 9 heteroatoms. The Morgan fingerprint density at radius 2 is 2.04 bits per heavy atom. The van der Waals surface area contributed by atoms with Crippen molar-refractivity contribution >= 4 is 17.7 Å². The third-order valence-electron chi connectivity index (χ3n) is 3.88. The maximum absolute atomic E-state index is 11.7. The van der Waals surface area contributed by atoms with Gasteiger partial charge in [0.2, 0.25) is 0 Å². The van der Waals surface area contributed by atoms with Crippen LogP contribution in [-0.2, 0) is 9.53 Å². The summed E-state index contributed by atoms with van der Waals surface area (Å²) < 4.78 is 5.50. The van der Waals surface area contributed by atoms with Gasteiger partial charge in [0.1, 0.15) is 18.3 Å². The van der Waals surface area contributed by atoms with Crippen LogP contribution in [0.5, 0.6) is 0 Å². The Morgan fingerprint density at radius 3 is 2.58 bits per heavy atom. The van der Waals surface area contributed by atoms with Crippen LogP contribution in [0.15, 0.2) is 35.2 Å². The Labute approximate surface area is 142 Å². The Hall–Kier alpha value is -1.20. The van der Waals surface area contributed by atoms with Gasteiger partial charge < -0.3 is 40.8 Å². The van der Waals surface area contributed by atoms with Gasteiger partial charge in [-0.2, -0.15) is 0 Å². The van der Waals surface area contributed by atoms with Crippen LogP contribution in [0.25, 0.3) is 0 Å². The van der Waals surface area contributed by atoms with Crippen molar-refractivity contribution in [3.05, 3.63) is 30.3 Å². The third-order valence-corrected chi connectivity index (χ3v) is 5.15. The second kappa shape index (κ2) is 7.79. The van der Waals surface area contributed by atoms with E-state index in [1.807, 2.05) is 0 Å². The SMILES string of the molecule is N[C@H]1[C@H]([C@H](O)[C@H](O)CO)O[C@@](Sc2ccccc2)(C(=O)[O-])C[C@@H]1O. The number of aliphatic hydroxyl groups is 4. The molecule has 0 unspecified atom stereocenters. The van der Waals surface area contributed by atoms with Crippen molar-refractivity contribution in [2.24, 2.45) is 5.73 Å². The van der Waals surface area contributed by atoms with E-state index in [0.717, 1.165) is 11.8 Å². The molecule has 0 amide bonds. The molecule has 0 aliphatic carbocycles. The molecule has 1 aromatic rings. The summed E-state index contributed by atoms with van der Waals surface area (Å²) >= 11 is 0.811. The Bertz CT molecular complexity index is 560. The minimum atomic E-state index is -1.99. The van der Waals surface area contributed by atoms with Crippen LogP contribution >= 0.6 is 11.8 Å². The highest BCUT2D eigenvalue weighted by Gasteiger charge is 2.50. The van der Waals surface area contributed by atoms with Gasteiger partial charge in [-0.3, -0.25) is 0 Å². The molecular formula is C15H20NO7S-. The van der Waals surface area contributed by atoms with Crippen molar-refractivity contribution in [2.45, 2.75) is 46.7 Å². The van der Waals surface area contributed by atoms with Crippen molar-refractivity contribution in [3.63, 3.8) is 0 Å². The number of benzene rings is 1. The number of rotatable bonds is 6. The summed E-state index contributed by atoms with van der Waals surface area (Å²) in [7, 11) is 0. The molecule has 0 bridgehead atoms. The molecule has 0 saturated carbocycles. The number of carboxylic acids is 1. The van der Waals surface area contributed by atoms with Gasteiger partial charge >= 0.3 is 0 Å². The third kappa shape index (κ3) is 3.89. The van der Waals surface area contributed by atoms with Gasteiger partial charge in [0, 0.05) is 11.3 Å². The van der Waals surface area contributed by atoms with E-state index >= 15 is 0 Å². The lowest BCUT2D eigenvalue weighted by atomic mass is 9.90. The lowest BCUT2D eigenvalue weighted by Gasteiger charge is -2.47. The largest absolute Gasteiger partial charge is 0.546 e. The molecule has 0 aromatic heterocycles. The van der Waals surface area contributed by atoms with Crippen LogP contribution in [0.4, 0.5) is 0 Å². The van der Waals surface area contributed by atoms with Crippen LogP contribution < -0.4 is 10.8 Å². The maximum Gasteiger partial charge on any atom is 0.160 e. The van der Waals surface area contributed by atoms with Gasteiger partial charge in [-0.25, -0.2) is 0 Å². The predicted molar refractivity (Wildman–Crippen MR) is 82.6 cm³/mol. The first kappa shape index (κ1) is 19.1. The van der Waals surface area contributed by atoms with E-state index < -0.39 is 48.0 Å². The van der Waals surface area contributed by atoms with Gasteiger partial charge in [0.05, 0.1) is 24.7 Å². The Morgan fingerprint density at radius 1 is 1.42 bits per heavy atom. The molecule has 1 aliphatic heterocycles. The molecular weight excluding hydrogens is 338 g/mol. The smallest absolute Gasteiger partial charge is 0.160 e. The van der Waals surface area contributed by atoms with E-state index in [-0.39, 0.29) is 6.42 Å². The van der Waals surface area contributed by atoms with Gasteiger partial charge in [0.25, 0.3) is 0 Å². The second-order valence-electron chi connectivity index (χ2n) is 5.63. The fraction of sp³-hybridized carbons (Fsp3) is 0.533. The second-order valence-corrected chi connectivity index (χ2v) is 6.96. The van der Waals surface area contributed by atoms with Crippen molar-refractivity contribution in [2.75, 3.05) is 6.61 Å². The van der Waals surface area contributed by atoms with E-state index in [1.165, 1.54) is 0 Å². The summed E-state index contributed by atoms with van der Waals surface area (Å²) in [4.78, 5) is 10.3. The number of hydrogen-bond donors (Lipinski definition) is 5. The normalized spacial score (nSPS) is 33.0. The van der Waals surface area contributed by atoms with Crippen LogP contribution in [0, 0.1) is 0 Å². The number of carbonyl (C=O) groups excluding carboxylic acids is 1. The lowest BCUT2D eigenvalue weighted by molar-refractivity contribution is -0.328. The average molecular weight is 358 g/mol. The van der Waals surface area contributed by atoms with Crippen molar-refractivity contribution in [1.82, 2.24) is 0 Å². The quantitative estimate of drug-likeness (QED) is 0.368. The first-order valence-electron chi connectivity index (χ1n) is 7.34. The topological polar surface area (TPSA) is 156 Å². The number of ether oxygens (including phenoxy) is 1. The van der Waals surface area contributed by atoms with E-state index in [2.05, 4.69) is 0 Å². The molecule has 24 heavy (non-hydrogen) atoms. The minimum absolute atomic E-state index is 0.353. The lowest BCUT2D eigenvalue weighted by Crippen LogP contribution is -2.66. The van der Waals surface area contributed by atoms with Crippen molar-refractivity contribution in [1.29, 1.82) is 0 Å². The molecule has 0 radical (unpaired) electrons.